The predicted octanol–water partition coefficient (Wildman–Crippen LogP) is 3.13. The van der Waals surface area contributed by atoms with E-state index in [2.05, 4.69) is 44.8 Å². The summed E-state index contributed by atoms with van der Waals surface area (Å²) in [5.74, 6) is 0.774. The smallest absolute Gasteiger partial charge is 0.0195 e. The average molecular weight is 240 g/mol. The van der Waals surface area contributed by atoms with Gasteiger partial charge in [0.2, 0.25) is 0 Å². The van der Waals surface area contributed by atoms with Gasteiger partial charge in [-0.3, -0.25) is 0 Å². The van der Waals surface area contributed by atoms with Crippen LogP contribution in [0.25, 0.3) is 0 Å². The molecule has 102 valence electrons. The fourth-order valence-electron chi connectivity index (χ4n) is 2.49. The van der Waals surface area contributed by atoms with E-state index < -0.39 is 0 Å². The molecule has 0 amide bonds. The molecule has 2 heteroatoms. The molecule has 0 aliphatic carbocycles. The van der Waals surface area contributed by atoms with Crippen molar-refractivity contribution in [3.8, 4) is 0 Å². The summed E-state index contributed by atoms with van der Waals surface area (Å²) in [5, 5.41) is 3.62. The molecule has 1 fully saturated rings. The second kappa shape index (κ2) is 6.75. The lowest BCUT2D eigenvalue weighted by atomic mass is 9.92. The van der Waals surface area contributed by atoms with E-state index >= 15 is 0 Å². The van der Waals surface area contributed by atoms with Crippen LogP contribution in [0.1, 0.15) is 53.9 Å². The van der Waals surface area contributed by atoms with Gasteiger partial charge in [0.05, 0.1) is 0 Å². The van der Waals surface area contributed by atoms with Gasteiger partial charge in [0.25, 0.3) is 0 Å². The number of hydrogen-bond acceptors (Lipinski definition) is 2. The van der Waals surface area contributed by atoms with Crippen molar-refractivity contribution < 1.29 is 0 Å². The van der Waals surface area contributed by atoms with Crippen molar-refractivity contribution in [2.75, 3.05) is 26.2 Å². The van der Waals surface area contributed by atoms with Gasteiger partial charge in [0.15, 0.2) is 0 Å². The molecular weight excluding hydrogens is 208 g/mol. The van der Waals surface area contributed by atoms with Crippen LogP contribution in [-0.2, 0) is 0 Å². The molecule has 0 aromatic heterocycles. The van der Waals surface area contributed by atoms with Gasteiger partial charge in [-0.05, 0) is 43.7 Å². The summed E-state index contributed by atoms with van der Waals surface area (Å²) in [5.41, 5.74) is 0.457. The van der Waals surface area contributed by atoms with Gasteiger partial charge in [0.1, 0.15) is 0 Å². The van der Waals surface area contributed by atoms with Crippen LogP contribution in [0.2, 0.25) is 0 Å². The van der Waals surface area contributed by atoms with Crippen LogP contribution in [0.3, 0.4) is 0 Å². The van der Waals surface area contributed by atoms with Crippen molar-refractivity contribution in [1.29, 1.82) is 0 Å². The number of nitrogens with one attached hydrogen (secondary N) is 1. The fraction of sp³-hybridized carbons (Fsp3) is 1.00. The molecule has 0 aromatic rings. The molecule has 1 N–H and O–H groups in total. The van der Waals surface area contributed by atoms with Gasteiger partial charge < -0.3 is 10.2 Å². The molecular formula is C15H32N2. The topological polar surface area (TPSA) is 15.3 Å². The zero-order valence-electron chi connectivity index (χ0n) is 12.6. The second-order valence-corrected chi connectivity index (χ2v) is 7.26. The third kappa shape index (κ3) is 7.05. The van der Waals surface area contributed by atoms with E-state index in [1.165, 1.54) is 45.4 Å². The minimum Gasteiger partial charge on any atom is -0.313 e. The third-order valence-electron chi connectivity index (χ3n) is 3.44. The van der Waals surface area contributed by atoms with Crippen LogP contribution in [0, 0.1) is 11.3 Å². The molecule has 0 bridgehead atoms. The first-order chi connectivity index (χ1) is 7.87. The van der Waals surface area contributed by atoms with Crippen molar-refractivity contribution in [3.05, 3.63) is 0 Å². The van der Waals surface area contributed by atoms with Gasteiger partial charge in [-0.2, -0.15) is 0 Å². The number of nitrogens with zero attached hydrogens (tertiary/aromatic N) is 1. The summed E-state index contributed by atoms with van der Waals surface area (Å²) in [6, 6.07) is 0.744. The zero-order chi connectivity index (χ0) is 12.9. The highest BCUT2D eigenvalue weighted by molar-refractivity contribution is 4.79. The largest absolute Gasteiger partial charge is 0.313 e. The van der Waals surface area contributed by atoms with Crippen LogP contribution in [0.5, 0.6) is 0 Å². The van der Waals surface area contributed by atoms with E-state index in [0.717, 1.165) is 12.0 Å². The Morgan fingerprint density at radius 2 is 2.00 bits per heavy atom. The maximum atomic E-state index is 3.62. The molecule has 0 spiro atoms. The Balaban J connectivity index is 2.36. The predicted molar refractivity (Wildman–Crippen MR) is 76.4 cm³/mol. The lowest BCUT2D eigenvalue weighted by molar-refractivity contribution is 0.193. The highest BCUT2D eigenvalue weighted by atomic mass is 15.2. The highest BCUT2D eigenvalue weighted by Gasteiger charge is 2.20. The van der Waals surface area contributed by atoms with Crippen LogP contribution < -0.4 is 5.32 Å². The van der Waals surface area contributed by atoms with Crippen molar-refractivity contribution in [1.82, 2.24) is 10.2 Å². The molecule has 2 nitrogen and oxygen atoms in total. The standard InChI is InChI=1S/C15H32N2/c1-13(2)11-17(10-8-15(3,4)5)12-14-7-6-9-16-14/h13-14,16H,6-12H2,1-5H3. The van der Waals surface area contributed by atoms with E-state index in [1.54, 1.807) is 0 Å². The molecule has 1 heterocycles. The van der Waals surface area contributed by atoms with Gasteiger partial charge >= 0.3 is 0 Å². The average Bonchev–Trinajstić information content (AvgIpc) is 2.65. The Morgan fingerprint density at radius 3 is 2.47 bits per heavy atom. The van der Waals surface area contributed by atoms with Crippen LogP contribution in [0.4, 0.5) is 0 Å². The van der Waals surface area contributed by atoms with E-state index in [9.17, 15) is 0 Å². The van der Waals surface area contributed by atoms with Crippen LogP contribution >= 0.6 is 0 Å². The van der Waals surface area contributed by atoms with Crippen molar-refractivity contribution >= 4 is 0 Å². The molecule has 1 aliphatic heterocycles. The Bertz CT molecular complexity index is 199. The zero-order valence-corrected chi connectivity index (χ0v) is 12.6. The summed E-state index contributed by atoms with van der Waals surface area (Å²) < 4.78 is 0. The lowest BCUT2D eigenvalue weighted by Crippen LogP contribution is -2.40. The Hall–Kier alpha value is -0.0800. The molecule has 0 aromatic carbocycles. The normalized spacial score (nSPS) is 21.7. The van der Waals surface area contributed by atoms with Crippen molar-refractivity contribution in [2.45, 2.75) is 59.9 Å². The lowest BCUT2D eigenvalue weighted by Gasteiger charge is -2.30. The monoisotopic (exact) mass is 240 g/mol. The minimum atomic E-state index is 0.457. The van der Waals surface area contributed by atoms with Crippen molar-refractivity contribution in [2.24, 2.45) is 11.3 Å². The second-order valence-electron chi connectivity index (χ2n) is 7.26. The Labute approximate surface area is 108 Å². The van der Waals surface area contributed by atoms with E-state index in [4.69, 9.17) is 0 Å². The summed E-state index contributed by atoms with van der Waals surface area (Å²) in [7, 11) is 0. The summed E-state index contributed by atoms with van der Waals surface area (Å²) in [6.45, 7) is 16.6. The van der Waals surface area contributed by atoms with Gasteiger partial charge in [-0.1, -0.05) is 34.6 Å². The molecule has 0 radical (unpaired) electrons. The first kappa shape index (κ1) is 15.0. The molecule has 17 heavy (non-hydrogen) atoms. The van der Waals surface area contributed by atoms with Gasteiger partial charge in [-0.25, -0.2) is 0 Å². The highest BCUT2D eigenvalue weighted by Crippen LogP contribution is 2.19. The molecule has 1 aliphatic rings. The van der Waals surface area contributed by atoms with Gasteiger partial charge in [0, 0.05) is 19.1 Å². The summed E-state index contributed by atoms with van der Waals surface area (Å²) in [6.07, 6.45) is 4.02. The first-order valence-electron chi connectivity index (χ1n) is 7.32. The third-order valence-corrected chi connectivity index (χ3v) is 3.44. The SMILES string of the molecule is CC(C)CN(CCC(C)(C)C)CC1CCCN1. The Morgan fingerprint density at radius 1 is 1.29 bits per heavy atom. The summed E-state index contributed by atoms with van der Waals surface area (Å²) in [4.78, 5) is 2.67. The fourth-order valence-corrected chi connectivity index (χ4v) is 2.49. The van der Waals surface area contributed by atoms with Crippen LogP contribution in [0.15, 0.2) is 0 Å². The van der Waals surface area contributed by atoms with Crippen molar-refractivity contribution in [3.63, 3.8) is 0 Å². The van der Waals surface area contributed by atoms with E-state index in [-0.39, 0.29) is 0 Å². The van der Waals surface area contributed by atoms with Crippen LogP contribution in [-0.4, -0.2) is 37.1 Å². The Kier molecular flexibility index (Phi) is 5.94. The first-order valence-corrected chi connectivity index (χ1v) is 7.32. The van der Waals surface area contributed by atoms with E-state index in [0.29, 0.717) is 5.41 Å². The number of rotatable bonds is 6. The molecule has 1 atom stereocenters. The molecule has 1 unspecified atom stereocenters. The molecule has 1 rings (SSSR count). The molecule has 0 saturated carbocycles. The summed E-state index contributed by atoms with van der Waals surface area (Å²) >= 11 is 0. The quantitative estimate of drug-likeness (QED) is 0.767. The van der Waals surface area contributed by atoms with Gasteiger partial charge in [-0.15, -0.1) is 0 Å². The maximum Gasteiger partial charge on any atom is 0.0195 e. The minimum absolute atomic E-state index is 0.457. The molecule has 1 saturated heterocycles. The van der Waals surface area contributed by atoms with E-state index in [1.807, 2.05) is 0 Å². The number of hydrogen-bond donors (Lipinski definition) is 1. The maximum absolute atomic E-state index is 3.62.